The van der Waals surface area contributed by atoms with E-state index in [1.165, 1.54) is 18.6 Å². The van der Waals surface area contributed by atoms with Crippen LogP contribution in [0.1, 0.15) is 48.3 Å². The van der Waals surface area contributed by atoms with E-state index in [4.69, 9.17) is 0 Å². The Kier molecular flexibility index (Phi) is 4.19. The Bertz CT molecular complexity index is 440. The molecule has 0 heterocycles. The number of hydrogen-bond acceptors (Lipinski definition) is 1. The monoisotopic (exact) mass is 271 g/mol. The van der Waals surface area contributed by atoms with Crippen LogP contribution < -0.4 is 5.32 Å². The van der Waals surface area contributed by atoms with Crippen LogP contribution in [0.2, 0.25) is 0 Å². The first-order valence-electron chi connectivity index (χ1n) is 6.78. The maximum Gasteiger partial charge on any atom is 0.416 e. The lowest BCUT2D eigenvalue weighted by Gasteiger charge is -2.32. The highest BCUT2D eigenvalue weighted by molar-refractivity contribution is 5.36. The maximum absolute atomic E-state index is 12.7. The van der Waals surface area contributed by atoms with E-state index < -0.39 is 11.7 Å². The summed E-state index contributed by atoms with van der Waals surface area (Å²) in [6.45, 7) is 1.78. The summed E-state index contributed by atoms with van der Waals surface area (Å²) in [5.74, 6) is 0.334. The van der Waals surface area contributed by atoms with Gasteiger partial charge in [0.05, 0.1) is 5.56 Å². The molecule has 19 heavy (non-hydrogen) atoms. The molecule has 1 aliphatic carbocycles. The van der Waals surface area contributed by atoms with Gasteiger partial charge in [-0.3, -0.25) is 0 Å². The Morgan fingerprint density at radius 1 is 1.16 bits per heavy atom. The highest BCUT2D eigenvalue weighted by Gasteiger charge is 2.32. The molecule has 1 aromatic rings. The predicted molar refractivity (Wildman–Crippen MR) is 70.2 cm³/mol. The second kappa shape index (κ2) is 5.53. The lowest BCUT2D eigenvalue weighted by Crippen LogP contribution is -2.35. The van der Waals surface area contributed by atoms with E-state index >= 15 is 0 Å². The van der Waals surface area contributed by atoms with Crippen molar-refractivity contribution in [3.05, 3.63) is 34.9 Å². The fourth-order valence-electron chi connectivity index (χ4n) is 3.12. The Balaban J connectivity index is 2.30. The van der Waals surface area contributed by atoms with Crippen molar-refractivity contribution in [3.63, 3.8) is 0 Å². The third-order valence-corrected chi connectivity index (χ3v) is 4.13. The molecule has 0 bridgehead atoms. The summed E-state index contributed by atoms with van der Waals surface area (Å²) in [6.07, 6.45) is 0.253. The zero-order valence-electron chi connectivity index (χ0n) is 11.3. The molecule has 2 atom stereocenters. The van der Waals surface area contributed by atoms with E-state index in [9.17, 15) is 13.2 Å². The van der Waals surface area contributed by atoms with Gasteiger partial charge in [-0.1, -0.05) is 18.9 Å². The highest BCUT2D eigenvalue weighted by Crippen LogP contribution is 2.37. The van der Waals surface area contributed by atoms with Gasteiger partial charge in [0.15, 0.2) is 0 Å². The van der Waals surface area contributed by atoms with Crippen molar-refractivity contribution < 1.29 is 13.2 Å². The molecule has 0 radical (unpaired) electrons. The quantitative estimate of drug-likeness (QED) is 0.847. The molecule has 1 N–H and O–H groups in total. The molecule has 1 saturated carbocycles. The van der Waals surface area contributed by atoms with Crippen molar-refractivity contribution in [2.24, 2.45) is 0 Å². The molecule has 4 heteroatoms. The summed E-state index contributed by atoms with van der Waals surface area (Å²) >= 11 is 0. The minimum absolute atomic E-state index is 0.334. The van der Waals surface area contributed by atoms with Crippen molar-refractivity contribution in [1.29, 1.82) is 0 Å². The van der Waals surface area contributed by atoms with Crippen LogP contribution in [0, 0.1) is 6.92 Å². The fourth-order valence-corrected chi connectivity index (χ4v) is 3.12. The molecule has 0 aliphatic heterocycles. The number of alkyl halides is 3. The van der Waals surface area contributed by atoms with Gasteiger partial charge in [0.2, 0.25) is 0 Å². The van der Waals surface area contributed by atoms with Gasteiger partial charge < -0.3 is 5.32 Å². The smallest absolute Gasteiger partial charge is 0.316 e. The molecule has 0 amide bonds. The van der Waals surface area contributed by atoms with Crippen LogP contribution in [-0.2, 0) is 6.18 Å². The number of halogens is 3. The SMILES string of the molecule is CNC1CCCCC1c1ccc(C(F)(F)F)cc1C. The molecule has 106 valence electrons. The predicted octanol–water partition coefficient (Wildman–Crippen LogP) is 4.26. The molecule has 1 nitrogen and oxygen atoms in total. The number of rotatable bonds is 2. The van der Waals surface area contributed by atoms with Gasteiger partial charge in [-0.05, 0) is 56.0 Å². The van der Waals surface area contributed by atoms with Gasteiger partial charge in [0, 0.05) is 6.04 Å². The molecule has 1 fully saturated rings. The number of benzene rings is 1. The van der Waals surface area contributed by atoms with Crippen LogP contribution in [0.5, 0.6) is 0 Å². The van der Waals surface area contributed by atoms with Crippen molar-refractivity contribution in [2.75, 3.05) is 7.05 Å². The van der Waals surface area contributed by atoms with Crippen LogP contribution in [0.25, 0.3) is 0 Å². The molecule has 1 aromatic carbocycles. The molecule has 2 unspecified atom stereocenters. The minimum Gasteiger partial charge on any atom is -0.316 e. The summed E-state index contributed by atoms with van der Waals surface area (Å²) < 4.78 is 38.0. The lowest BCUT2D eigenvalue weighted by atomic mass is 9.78. The van der Waals surface area contributed by atoms with Gasteiger partial charge in [0.25, 0.3) is 0 Å². The molecule has 0 saturated heterocycles. The summed E-state index contributed by atoms with van der Waals surface area (Å²) in [7, 11) is 1.93. The first kappa shape index (κ1) is 14.4. The van der Waals surface area contributed by atoms with Crippen LogP contribution in [-0.4, -0.2) is 13.1 Å². The first-order chi connectivity index (χ1) is 8.93. The Morgan fingerprint density at radius 2 is 1.84 bits per heavy atom. The van der Waals surface area contributed by atoms with E-state index in [2.05, 4.69) is 5.32 Å². The summed E-state index contributed by atoms with van der Waals surface area (Å²) in [6, 6.07) is 4.53. The van der Waals surface area contributed by atoms with Crippen molar-refractivity contribution in [2.45, 2.75) is 50.7 Å². The number of aryl methyl sites for hydroxylation is 1. The third kappa shape index (κ3) is 3.11. The first-order valence-corrected chi connectivity index (χ1v) is 6.78. The zero-order valence-corrected chi connectivity index (χ0v) is 11.3. The summed E-state index contributed by atoms with van der Waals surface area (Å²) in [4.78, 5) is 0. The average Bonchev–Trinajstić information content (AvgIpc) is 2.37. The van der Waals surface area contributed by atoms with E-state index in [-0.39, 0.29) is 0 Å². The highest BCUT2D eigenvalue weighted by atomic mass is 19.4. The van der Waals surface area contributed by atoms with E-state index in [1.54, 1.807) is 13.0 Å². The number of hydrogen-bond donors (Lipinski definition) is 1. The van der Waals surface area contributed by atoms with Gasteiger partial charge in [-0.25, -0.2) is 0 Å². The third-order valence-electron chi connectivity index (χ3n) is 4.13. The molecule has 1 aliphatic rings. The molecule has 2 rings (SSSR count). The standard InChI is InChI=1S/C15H20F3N/c1-10-9-11(15(16,17)18)7-8-12(10)13-5-3-4-6-14(13)19-2/h7-9,13-14,19H,3-6H2,1-2H3. The Hall–Kier alpha value is -1.03. The Morgan fingerprint density at radius 3 is 2.42 bits per heavy atom. The van der Waals surface area contributed by atoms with Gasteiger partial charge in [-0.2, -0.15) is 13.2 Å². The summed E-state index contributed by atoms with van der Waals surface area (Å²) in [5.41, 5.74) is 1.26. The van der Waals surface area contributed by atoms with Gasteiger partial charge in [-0.15, -0.1) is 0 Å². The van der Waals surface area contributed by atoms with Crippen LogP contribution in [0.15, 0.2) is 18.2 Å². The van der Waals surface area contributed by atoms with Crippen molar-refractivity contribution >= 4 is 0 Å². The second-order valence-electron chi connectivity index (χ2n) is 5.36. The number of nitrogens with one attached hydrogen (secondary N) is 1. The average molecular weight is 271 g/mol. The van der Waals surface area contributed by atoms with E-state index in [0.717, 1.165) is 30.4 Å². The minimum atomic E-state index is -4.25. The largest absolute Gasteiger partial charge is 0.416 e. The Labute approximate surface area is 112 Å². The van der Waals surface area contributed by atoms with E-state index in [0.29, 0.717) is 12.0 Å². The van der Waals surface area contributed by atoms with Crippen LogP contribution in [0.4, 0.5) is 13.2 Å². The fraction of sp³-hybridized carbons (Fsp3) is 0.600. The van der Waals surface area contributed by atoms with E-state index in [1.807, 2.05) is 7.05 Å². The normalized spacial score (nSPS) is 24.5. The van der Waals surface area contributed by atoms with Crippen LogP contribution in [0.3, 0.4) is 0 Å². The molecular weight excluding hydrogens is 251 g/mol. The van der Waals surface area contributed by atoms with Crippen LogP contribution >= 0.6 is 0 Å². The van der Waals surface area contributed by atoms with Gasteiger partial charge >= 0.3 is 6.18 Å². The number of likely N-dealkylation sites (N-methyl/N-ethyl adjacent to an activating group) is 1. The molecular formula is C15H20F3N. The molecule has 0 spiro atoms. The lowest BCUT2D eigenvalue weighted by molar-refractivity contribution is -0.137. The topological polar surface area (TPSA) is 12.0 Å². The molecule has 0 aromatic heterocycles. The van der Waals surface area contributed by atoms with Crippen molar-refractivity contribution in [3.8, 4) is 0 Å². The second-order valence-corrected chi connectivity index (χ2v) is 5.36. The van der Waals surface area contributed by atoms with Crippen molar-refractivity contribution in [1.82, 2.24) is 5.32 Å². The summed E-state index contributed by atoms with van der Waals surface area (Å²) in [5, 5.41) is 3.30. The van der Waals surface area contributed by atoms with Gasteiger partial charge in [0.1, 0.15) is 0 Å². The zero-order chi connectivity index (χ0) is 14.0. The maximum atomic E-state index is 12.7.